The summed E-state index contributed by atoms with van der Waals surface area (Å²) in [5, 5.41) is 0. The molecule has 0 aromatic carbocycles. The van der Waals surface area contributed by atoms with Gasteiger partial charge in [0.05, 0.1) is 37.4 Å². The number of methoxy groups -OCH3 is 1. The zero-order chi connectivity index (χ0) is 18.0. The van der Waals surface area contributed by atoms with Crippen LogP contribution in [0.1, 0.15) is 24.1 Å². The number of aromatic nitrogens is 3. The quantitative estimate of drug-likeness (QED) is 0.830. The van der Waals surface area contributed by atoms with E-state index in [9.17, 15) is 4.79 Å². The molecular weight excluding hydrogens is 332 g/mol. The summed E-state index contributed by atoms with van der Waals surface area (Å²) in [6.07, 6.45) is 6.61. The van der Waals surface area contributed by atoms with Crippen LogP contribution in [0.3, 0.4) is 0 Å². The second-order valence-corrected chi connectivity index (χ2v) is 6.89. The second-order valence-electron chi connectivity index (χ2n) is 6.89. The van der Waals surface area contributed by atoms with Crippen LogP contribution in [-0.2, 0) is 26.3 Å². The highest BCUT2D eigenvalue weighted by Crippen LogP contribution is 2.39. The van der Waals surface area contributed by atoms with Crippen LogP contribution in [0.5, 0.6) is 0 Å². The molecule has 0 unspecified atom stereocenters. The molecule has 0 radical (unpaired) electrons. The third-order valence-corrected chi connectivity index (χ3v) is 5.15. The number of fused-ring (bicyclic) bond motifs is 2. The van der Waals surface area contributed by atoms with E-state index in [4.69, 9.17) is 14.5 Å². The highest BCUT2D eigenvalue weighted by molar-refractivity contribution is 5.77. The molecule has 2 aromatic heterocycles. The maximum atomic E-state index is 12.4. The molecule has 26 heavy (non-hydrogen) atoms. The lowest BCUT2D eigenvalue weighted by Gasteiger charge is -2.34. The molecule has 4 heterocycles. The summed E-state index contributed by atoms with van der Waals surface area (Å²) in [6, 6.07) is 3.83. The number of pyridine rings is 1. The molecule has 0 saturated carbocycles. The summed E-state index contributed by atoms with van der Waals surface area (Å²) in [5.41, 5.74) is 2.66. The van der Waals surface area contributed by atoms with Crippen LogP contribution in [0.4, 0.5) is 0 Å². The van der Waals surface area contributed by atoms with Gasteiger partial charge in [0, 0.05) is 49.9 Å². The minimum absolute atomic E-state index is 0.123. The van der Waals surface area contributed by atoms with Crippen molar-refractivity contribution in [2.75, 3.05) is 33.4 Å². The van der Waals surface area contributed by atoms with E-state index in [1.807, 2.05) is 23.2 Å². The predicted molar refractivity (Wildman–Crippen MR) is 94.3 cm³/mol. The molecule has 1 atom stereocenters. The van der Waals surface area contributed by atoms with E-state index in [0.29, 0.717) is 38.6 Å². The van der Waals surface area contributed by atoms with Gasteiger partial charge < -0.3 is 14.4 Å². The Balaban J connectivity index is 1.64. The van der Waals surface area contributed by atoms with Crippen molar-refractivity contribution in [2.24, 2.45) is 0 Å². The first kappa shape index (κ1) is 17.1. The number of ether oxygens (including phenoxy) is 2. The minimum Gasteiger partial charge on any atom is -0.384 e. The van der Waals surface area contributed by atoms with Crippen LogP contribution in [0.15, 0.2) is 30.7 Å². The zero-order valence-corrected chi connectivity index (χ0v) is 14.9. The molecule has 2 aliphatic rings. The van der Waals surface area contributed by atoms with Crippen molar-refractivity contribution < 1.29 is 14.3 Å². The van der Waals surface area contributed by atoms with Gasteiger partial charge in [-0.15, -0.1) is 0 Å². The van der Waals surface area contributed by atoms with Crippen LogP contribution in [0.25, 0.3) is 11.4 Å². The van der Waals surface area contributed by atoms with E-state index >= 15 is 0 Å². The van der Waals surface area contributed by atoms with Gasteiger partial charge >= 0.3 is 0 Å². The molecule has 136 valence electrons. The number of nitrogens with zero attached hydrogens (tertiary/aromatic N) is 4. The molecule has 0 aliphatic carbocycles. The molecule has 2 aromatic rings. The highest BCUT2D eigenvalue weighted by atomic mass is 16.5. The number of carbonyl (C=O) groups is 1. The Kier molecular flexibility index (Phi) is 4.65. The number of carbonyl (C=O) groups excluding carboxylic acids is 1. The smallest absolute Gasteiger partial charge is 0.224 e. The van der Waals surface area contributed by atoms with Crippen molar-refractivity contribution >= 4 is 5.91 Å². The van der Waals surface area contributed by atoms with Crippen molar-refractivity contribution in [3.05, 3.63) is 42.0 Å². The average molecular weight is 354 g/mol. The zero-order valence-electron chi connectivity index (χ0n) is 14.9. The minimum atomic E-state index is -0.254. The van der Waals surface area contributed by atoms with E-state index in [-0.39, 0.29) is 11.3 Å². The van der Waals surface area contributed by atoms with Crippen molar-refractivity contribution in [3.63, 3.8) is 0 Å². The average Bonchev–Trinajstić information content (AvgIpc) is 3.12. The van der Waals surface area contributed by atoms with Crippen LogP contribution < -0.4 is 0 Å². The Morgan fingerprint density at radius 2 is 2.35 bits per heavy atom. The Morgan fingerprint density at radius 1 is 1.42 bits per heavy atom. The van der Waals surface area contributed by atoms with Crippen molar-refractivity contribution in [2.45, 2.75) is 24.9 Å². The standard InChI is InChI=1S/C19H22N4O3/c1-25-8-4-16(24)23-7-5-19(12-23)13-26-11-15-10-21-18(22-17(15)19)14-3-2-6-20-9-14/h2-3,6,9-10H,4-5,7-8,11-13H2,1H3/t19-/m1/s1. The second kappa shape index (κ2) is 7.09. The lowest BCUT2D eigenvalue weighted by molar-refractivity contribution is -0.131. The van der Waals surface area contributed by atoms with Gasteiger partial charge in [0.1, 0.15) is 0 Å². The molecule has 1 fully saturated rings. The van der Waals surface area contributed by atoms with E-state index in [2.05, 4.69) is 9.97 Å². The fraction of sp³-hybridized carbons (Fsp3) is 0.474. The van der Waals surface area contributed by atoms with Gasteiger partial charge in [0.25, 0.3) is 0 Å². The van der Waals surface area contributed by atoms with Crippen LogP contribution in [-0.4, -0.2) is 59.2 Å². The van der Waals surface area contributed by atoms with Crippen LogP contribution in [0, 0.1) is 0 Å². The topological polar surface area (TPSA) is 77.4 Å². The third kappa shape index (κ3) is 3.08. The van der Waals surface area contributed by atoms with E-state index in [1.54, 1.807) is 19.5 Å². The first-order valence-corrected chi connectivity index (χ1v) is 8.83. The third-order valence-electron chi connectivity index (χ3n) is 5.15. The normalized spacial score (nSPS) is 21.8. The summed E-state index contributed by atoms with van der Waals surface area (Å²) in [7, 11) is 1.61. The highest BCUT2D eigenvalue weighted by Gasteiger charge is 2.46. The Hall–Kier alpha value is -2.38. The maximum absolute atomic E-state index is 12.4. The van der Waals surface area contributed by atoms with Gasteiger partial charge in [0.15, 0.2) is 5.82 Å². The summed E-state index contributed by atoms with van der Waals surface area (Å²) >= 11 is 0. The van der Waals surface area contributed by atoms with Gasteiger partial charge in [0.2, 0.25) is 5.91 Å². The van der Waals surface area contributed by atoms with Gasteiger partial charge in [-0.1, -0.05) is 0 Å². The first-order chi connectivity index (χ1) is 12.7. The molecule has 1 amide bonds. The predicted octanol–water partition coefficient (Wildman–Crippen LogP) is 1.58. The van der Waals surface area contributed by atoms with Crippen molar-refractivity contribution in [3.8, 4) is 11.4 Å². The summed E-state index contributed by atoms with van der Waals surface area (Å²) in [6.45, 7) is 2.89. The molecular formula is C19H22N4O3. The van der Waals surface area contributed by atoms with E-state index < -0.39 is 0 Å². The number of amides is 1. The van der Waals surface area contributed by atoms with E-state index in [1.165, 1.54) is 0 Å². The van der Waals surface area contributed by atoms with Gasteiger partial charge in [-0.3, -0.25) is 9.78 Å². The fourth-order valence-electron chi connectivity index (χ4n) is 3.77. The van der Waals surface area contributed by atoms with Crippen LogP contribution >= 0.6 is 0 Å². The molecule has 2 aliphatic heterocycles. The number of rotatable bonds is 4. The van der Waals surface area contributed by atoms with Crippen LogP contribution in [0.2, 0.25) is 0 Å². The lowest BCUT2D eigenvalue weighted by atomic mass is 9.80. The molecule has 7 heteroatoms. The first-order valence-electron chi connectivity index (χ1n) is 8.83. The molecule has 1 saturated heterocycles. The Bertz CT molecular complexity index is 799. The largest absolute Gasteiger partial charge is 0.384 e. The van der Waals surface area contributed by atoms with Crippen molar-refractivity contribution in [1.29, 1.82) is 0 Å². The number of likely N-dealkylation sites (tertiary alicyclic amines) is 1. The van der Waals surface area contributed by atoms with Gasteiger partial charge in [-0.25, -0.2) is 9.97 Å². The fourth-order valence-corrected chi connectivity index (χ4v) is 3.77. The number of hydrogen-bond donors (Lipinski definition) is 0. The Morgan fingerprint density at radius 3 is 3.15 bits per heavy atom. The van der Waals surface area contributed by atoms with Gasteiger partial charge in [-0.05, 0) is 18.6 Å². The number of hydrogen-bond acceptors (Lipinski definition) is 6. The SMILES string of the molecule is COCCC(=O)N1CC[C@]2(COCc3cnc(-c4cccnc4)nc32)C1. The molecule has 1 spiro atoms. The summed E-state index contributed by atoms with van der Waals surface area (Å²) in [4.78, 5) is 27.8. The monoisotopic (exact) mass is 354 g/mol. The molecule has 4 rings (SSSR count). The molecule has 0 N–H and O–H groups in total. The molecule has 7 nitrogen and oxygen atoms in total. The lowest BCUT2D eigenvalue weighted by Crippen LogP contribution is -2.41. The van der Waals surface area contributed by atoms with E-state index in [0.717, 1.165) is 29.8 Å². The van der Waals surface area contributed by atoms with Crippen molar-refractivity contribution in [1.82, 2.24) is 19.9 Å². The molecule has 0 bridgehead atoms. The Labute approximate surface area is 152 Å². The summed E-state index contributed by atoms with van der Waals surface area (Å²) in [5.74, 6) is 0.791. The summed E-state index contributed by atoms with van der Waals surface area (Å²) < 4.78 is 10.9. The maximum Gasteiger partial charge on any atom is 0.224 e. The van der Waals surface area contributed by atoms with Gasteiger partial charge in [-0.2, -0.15) is 0 Å².